The molecule has 2 fully saturated rings. The molecule has 0 aromatic heterocycles. The molecule has 2 amide bonds. The molecule has 1 heterocycles. The lowest BCUT2D eigenvalue weighted by Crippen LogP contribution is -2.53. The number of carbonyl (C=O) groups is 2. The molecular weight excluding hydrogens is 236 g/mol. The molecule has 2 rings (SSSR count). The number of hydrogen-bond donors (Lipinski definition) is 3. The monoisotopic (exact) mass is 256 g/mol. The van der Waals surface area contributed by atoms with Crippen LogP contribution in [0.4, 0.5) is 4.79 Å². The van der Waals surface area contributed by atoms with Crippen molar-refractivity contribution in [2.24, 2.45) is 0 Å². The molecule has 2 aliphatic rings. The summed E-state index contributed by atoms with van der Waals surface area (Å²) in [6.07, 6.45) is 3.39. The van der Waals surface area contributed by atoms with Crippen LogP contribution in [0.25, 0.3) is 0 Å². The van der Waals surface area contributed by atoms with E-state index in [2.05, 4.69) is 5.32 Å². The van der Waals surface area contributed by atoms with Crippen LogP contribution in [0.3, 0.4) is 0 Å². The summed E-state index contributed by atoms with van der Waals surface area (Å²) >= 11 is 0. The van der Waals surface area contributed by atoms with Gasteiger partial charge in [0.1, 0.15) is 6.04 Å². The van der Waals surface area contributed by atoms with E-state index in [0.29, 0.717) is 0 Å². The Morgan fingerprint density at radius 1 is 1.33 bits per heavy atom. The number of carboxylic acids is 1. The van der Waals surface area contributed by atoms with Crippen LogP contribution in [-0.2, 0) is 4.79 Å². The summed E-state index contributed by atoms with van der Waals surface area (Å²) in [4.78, 5) is 24.4. The number of nitrogens with zero attached hydrogens (tertiary/aromatic N) is 1. The van der Waals surface area contributed by atoms with Gasteiger partial charge < -0.3 is 20.4 Å². The first-order valence-corrected chi connectivity index (χ1v) is 6.41. The average molecular weight is 256 g/mol. The molecule has 1 saturated carbocycles. The van der Waals surface area contributed by atoms with Crippen LogP contribution in [0.2, 0.25) is 0 Å². The second kappa shape index (κ2) is 4.76. The summed E-state index contributed by atoms with van der Waals surface area (Å²) < 4.78 is 0. The molecule has 0 spiro atoms. The number of urea groups is 1. The Morgan fingerprint density at radius 2 is 1.94 bits per heavy atom. The van der Waals surface area contributed by atoms with Gasteiger partial charge in [-0.1, -0.05) is 12.8 Å². The molecule has 0 radical (unpaired) electrons. The second-order valence-electron chi connectivity index (χ2n) is 5.59. The topological polar surface area (TPSA) is 89.9 Å². The molecule has 2 unspecified atom stereocenters. The summed E-state index contributed by atoms with van der Waals surface area (Å²) in [6, 6.07) is -1.28. The van der Waals surface area contributed by atoms with Gasteiger partial charge in [0.25, 0.3) is 0 Å². The van der Waals surface area contributed by atoms with Crippen molar-refractivity contribution in [2.45, 2.75) is 56.7 Å². The highest BCUT2D eigenvalue weighted by Gasteiger charge is 2.41. The van der Waals surface area contributed by atoms with Crippen molar-refractivity contribution in [2.75, 3.05) is 6.54 Å². The van der Waals surface area contributed by atoms with Crippen molar-refractivity contribution in [1.82, 2.24) is 10.2 Å². The molecule has 0 aromatic carbocycles. The number of β-amino-alcohol motifs (C(OH)–C–C–N with tert-alkyl or cyclic N) is 1. The van der Waals surface area contributed by atoms with Crippen molar-refractivity contribution in [3.8, 4) is 0 Å². The predicted molar refractivity (Wildman–Crippen MR) is 64.2 cm³/mol. The van der Waals surface area contributed by atoms with E-state index < -0.39 is 18.1 Å². The van der Waals surface area contributed by atoms with Gasteiger partial charge in [0.05, 0.1) is 6.10 Å². The number of nitrogens with one attached hydrogen (secondary N) is 1. The summed E-state index contributed by atoms with van der Waals surface area (Å²) in [5, 5.41) is 21.5. The van der Waals surface area contributed by atoms with Crippen LogP contribution in [0.1, 0.15) is 39.0 Å². The van der Waals surface area contributed by atoms with Gasteiger partial charge in [-0.15, -0.1) is 0 Å². The third kappa shape index (κ3) is 2.58. The van der Waals surface area contributed by atoms with E-state index in [-0.39, 0.29) is 24.5 Å². The number of aliphatic hydroxyl groups is 1. The Morgan fingerprint density at radius 3 is 2.50 bits per heavy atom. The zero-order valence-electron chi connectivity index (χ0n) is 10.6. The van der Waals surface area contributed by atoms with Crippen LogP contribution in [0.5, 0.6) is 0 Å². The Balaban J connectivity index is 2.01. The SMILES string of the molecule is CC1(NC(=O)N2CC(O)CC2C(=O)O)CCCC1. The molecule has 3 N–H and O–H groups in total. The first kappa shape index (κ1) is 13.1. The second-order valence-corrected chi connectivity index (χ2v) is 5.59. The number of carboxylic acid groups (broad SMARTS) is 1. The minimum atomic E-state index is -1.06. The van der Waals surface area contributed by atoms with E-state index in [0.717, 1.165) is 25.7 Å². The highest BCUT2D eigenvalue weighted by atomic mass is 16.4. The molecule has 102 valence electrons. The first-order chi connectivity index (χ1) is 8.41. The average Bonchev–Trinajstić information content (AvgIpc) is 2.85. The standard InChI is InChI=1S/C12H20N2O4/c1-12(4-2-3-5-12)13-11(18)14-7-8(15)6-9(14)10(16)17/h8-9,15H,2-7H2,1H3,(H,13,18)(H,16,17). The van der Waals surface area contributed by atoms with Gasteiger partial charge in [-0.3, -0.25) is 0 Å². The van der Waals surface area contributed by atoms with E-state index in [1.54, 1.807) is 0 Å². The lowest BCUT2D eigenvalue weighted by atomic mass is 10.0. The van der Waals surface area contributed by atoms with Gasteiger partial charge in [-0.05, 0) is 19.8 Å². The number of amides is 2. The number of likely N-dealkylation sites (tertiary alicyclic amines) is 1. The molecule has 6 heteroatoms. The van der Waals surface area contributed by atoms with Crippen molar-refractivity contribution in [1.29, 1.82) is 0 Å². The number of carbonyl (C=O) groups excluding carboxylic acids is 1. The summed E-state index contributed by atoms with van der Waals surface area (Å²) in [6.45, 7) is 2.08. The maximum Gasteiger partial charge on any atom is 0.326 e. The zero-order chi connectivity index (χ0) is 13.3. The molecular formula is C12H20N2O4. The highest BCUT2D eigenvalue weighted by molar-refractivity contribution is 5.83. The van der Waals surface area contributed by atoms with E-state index in [1.165, 1.54) is 4.90 Å². The number of rotatable bonds is 2. The quantitative estimate of drug-likeness (QED) is 0.673. The van der Waals surface area contributed by atoms with Gasteiger partial charge >= 0.3 is 12.0 Å². The largest absolute Gasteiger partial charge is 0.480 e. The normalized spacial score (nSPS) is 30.4. The van der Waals surface area contributed by atoms with E-state index in [1.807, 2.05) is 6.92 Å². The van der Waals surface area contributed by atoms with Crippen LogP contribution >= 0.6 is 0 Å². The van der Waals surface area contributed by atoms with Gasteiger partial charge in [0, 0.05) is 18.5 Å². The number of aliphatic hydroxyl groups excluding tert-OH is 1. The number of hydrogen-bond acceptors (Lipinski definition) is 3. The lowest BCUT2D eigenvalue weighted by molar-refractivity contribution is -0.141. The zero-order valence-corrected chi connectivity index (χ0v) is 10.6. The number of aliphatic carboxylic acids is 1. The van der Waals surface area contributed by atoms with Crippen LogP contribution < -0.4 is 5.32 Å². The Hall–Kier alpha value is -1.30. The molecule has 2 atom stereocenters. The molecule has 1 aliphatic carbocycles. The summed E-state index contributed by atoms with van der Waals surface area (Å²) in [5.41, 5.74) is -0.228. The summed E-state index contributed by atoms with van der Waals surface area (Å²) in [7, 11) is 0. The fourth-order valence-electron chi connectivity index (χ4n) is 2.88. The highest BCUT2D eigenvalue weighted by Crippen LogP contribution is 2.29. The Labute approximate surface area is 106 Å². The van der Waals surface area contributed by atoms with Crippen molar-refractivity contribution < 1.29 is 19.8 Å². The third-order valence-electron chi connectivity index (χ3n) is 3.94. The van der Waals surface area contributed by atoms with Gasteiger partial charge in [-0.25, -0.2) is 9.59 Å². The summed E-state index contributed by atoms with van der Waals surface area (Å²) in [5.74, 6) is -1.06. The van der Waals surface area contributed by atoms with Crippen molar-refractivity contribution in [3.05, 3.63) is 0 Å². The maximum absolute atomic E-state index is 12.1. The van der Waals surface area contributed by atoms with E-state index in [9.17, 15) is 14.7 Å². The smallest absolute Gasteiger partial charge is 0.326 e. The molecule has 1 saturated heterocycles. The maximum atomic E-state index is 12.1. The van der Waals surface area contributed by atoms with E-state index >= 15 is 0 Å². The minimum Gasteiger partial charge on any atom is -0.480 e. The Bertz CT molecular complexity index is 352. The van der Waals surface area contributed by atoms with Crippen LogP contribution in [0, 0.1) is 0 Å². The first-order valence-electron chi connectivity index (χ1n) is 6.41. The third-order valence-corrected chi connectivity index (χ3v) is 3.94. The fraction of sp³-hybridized carbons (Fsp3) is 0.833. The molecule has 1 aliphatic heterocycles. The van der Waals surface area contributed by atoms with Gasteiger partial charge in [0.15, 0.2) is 0 Å². The van der Waals surface area contributed by atoms with Gasteiger partial charge in [-0.2, -0.15) is 0 Å². The fourth-order valence-corrected chi connectivity index (χ4v) is 2.88. The van der Waals surface area contributed by atoms with Crippen molar-refractivity contribution in [3.63, 3.8) is 0 Å². The van der Waals surface area contributed by atoms with Gasteiger partial charge in [0.2, 0.25) is 0 Å². The van der Waals surface area contributed by atoms with E-state index in [4.69, 9.17) is 5.11 Å². The molecule has 0 bridgehead atoms. The predicted octanol–water partition coefficient (Wildman–Crippen LogP) is 0.548. The van der Waals surface area contributed by atoms with Crippen LogP contribution in [-0.4, -0.2) is 51.3 Å². The van der Waals surface area contributed by atoms with Crippen molar-refractivity contribution >= 4 is 12.0 Å². The molecule has 6 nitrogen and oxygen atoms in total. The Kier molecular flexibility index (Phi) is 3.47. The van der Waals surface area contributed by atoms with Crippen LogP contribution in [0.15, 0.2) is 0 Å². The minimum absolute atomic E-state index is 0.0961. The molecule has 18 heavy (non-hydrogen) atoms. The lowest BCUT2D eigenvalue weighted by Gasteiger charge is -2.30. The molecule has 0 aromatic rings.